The second kappa shape index (κ2) is 7.81. The fourth-order valence-electron chi connectivity index (χ4n) is 2.82. The van der Waals surface area contributed by atoms with Crippen LogP contribution in [0.15, 0.2) is 82.1 Å². The van der Waals surface area contributed by atoms with E-state index in [4.69, 9.17) is 11.8 Å². The van der Waals surface area contributed by atoms with Crippen molar-refractivity contribution in [2.75, 3.05) is 0 Å². The van der Waals surface area contributed by atoms with Crippen LogP contribution in [0.3, 0.4) is 0 Å². The Morgan fingerprint density at radius 1 is 1.07 bits per heavy atom. The minimum Gasteiger partial charge on any atom is -0.288 e. The first-order valence-corrected chi connectivity index (χ1v) is 8.08. The maximum Gasteiger partial charge on any atom is 0.329 e. The Hall–Kier alpha value is -4.16. The van der Waals surface area contributed by atoms with E-state index >= 15 is 0 Å². The summed E-state index contributed by atoms with van der Waals surface area (Å²) in [4.78, 5) is 30.0. The number of hydrogen-bond donors (Lipinski definition) is 1. The van der Waals surface area contributed by atoms with Crippen LogP contribution < -0.4 is 11.2 Å². The molecule has 3 aromatic rings. The third-order valence-corrected chi connectivity index (χ3v) is 4.03. The standard InChI is InChI=1S/C21H14N4O2/c1-23-18(13-22)12-17-14-25(21(27)24-20(17)26)19(15-8-4-2-5-9-15)16-10-6-3-7-11-16/h2-12,14,19H,(H,24,26,27)/b18-12-. The zero-order valence-electron chi connectivity index (χ0n) is 14.2. The second-order valence-corrected chi connectivity index (χ2v) is 5.73. The average molecular weight is 354 g/mol. The van der Waals surface area contributed by atoms with Crippen LogP contribution in [0.1, 0.15) is 22.7 Å². The van der Waals surface area contributed by atoms with Gasteiger partial charge in [-0.2, -0.15) is 0 Å². The Morgan fingerprint density at radius 3 is 2.11 bits per heavy atom. The average Bonchev–Trinajstić information content (AvgIpc) is 2.70. The summed E-state index contributed by atoms with van der Waals surface area (Å²) in [5, 5.41) is 8.95. The molecule has 0 aliphatic carbocycles. The van der Waals surface area contributed by atoms with Gasteiger partial charge in [0.05, 0.1) is 18.7 Å². The van der Waals surface area contributed by atoms with Gasteiger partial charge >= 0.3 is 5.69 Å². The van der Waals surface area contributed by atoms with Crippen molar-refractivity contribution in [3.63, 3.8) is 0 Å². The van der Waals surface area contributed by atoms with E-state index in [0.717, 1.165) is 11.1 Å². The van der Waals surface area contributed by atoms with E-state index in [1.807, 2.05) is 60.7 Å². The van der Waals surface area contributed by atoms with E-state index in [2.05, 4.69) is 9.83 Å². The minimum atomic E-state index is -0.646. The normalized spacial score (nSPS) is 11.0. The Labute approximate surface area is 155 Å². The van der Waals surface area contributed by atoms with Crippen molar-refractivity contribution in [3.05, 3.63) is 122 Å². The molecular weight excluding hydrogens is 340 g/mol. The predicted molar refractivity (Wildman–Crippen MR) is 102 cm³/mol. The number of benzene rings is 2. The maximum atomic E-state index is 12.6. The molecule has 0 amide bonds. The molecule has 0 fully saturated rings. The number of H-pyrrole nitrogens is 1. The first-order valence-electron chi connectivity index (χ1n) is 8.08. The molecule has 1 heterocycles. The Bertz CT molecular complexity index is 1120. The van der Waals surface area contributed by atoms with E-state index in [1.54, 1.807) is 6.07 Å². The SMILES string of the molecule is [C-]#[N+]/C(C#N)=C\c1cn(C(c2ccccc2)c2ccccc2)c(=O)[nH]c1=O. The highest BCUT2D eigenvalue weighted by atomic mass is 16.2. The van der Waals surface area contributed by atoms with Gasteiger partial charge in [0.1, 0.15) is 0 Å². The van der Waals surface area contributed by atoms with Gasteiger partial charge in [-0.1, -0.05) is 60.7 Å². The lowest BCUT2D eigenvalue weighted by molar-refractivity contribution is 0.625. The Balaban J connectivity index is 2.27. The van der Waals surface area contributed by atoms with Gasteiger partial charge < -0.3 is 0 Å². The molecule has 0 saturated carbocycles. The number of nitrogens with zero attached hydrogens (tertiary/aromatic N) is 3. The van der Waals surface area contributed by atoms with Crippen molar-refractivity contribution in [1.82, 2.24) is 9.55 Å². The molecule has 6 nitrogen and oxygen atoms in total. The summed E-state index contributed by atoms with van der Waals surface area (Å²) in [6, 6.07) is 20.1. The van der Waals surface area contributed by atoms with Gasteiger partial charge in [0.25, 0.3) is 11.3 Å². The summed E-state index contributed by atoms with van der Waals surface area (Å²) >= 11 is 0. The molecule has 0 unspecified atom stereocenters. The molecule has 0 atom stereocenters. The van der Waals surface area contributed by atoms with Gasteiger partial charge in [0, 0.05) is 11.8 Å². The first kappa shape index (κ1) is 17.7. The second-order valence-electron chi connectivity index (χ2n) is 5.73. The van der Waals surface area contributed by atoms with Crippen molar-refractivity contribution >= 4 is 6.08 Å². The Kier molecular flexibility index (Phi) is 5.11. The number of nitriles is 1. The summed E-state index contributed by atoms with van der Waals surface area (Å²) in [6.07, 6.45) is 2.56. The molecule has 0 aliphatic heterocycles. The quantitative estimate of drug-likeness (QED) is 0.577. The van der Waals surface area contributed by atoms with Crippen molar-refractivity contribution in [1.29, 1.82) is 5.26 Å². The van der Waals surface area contributed by atoms with Gasteiger partial charge in [0.15, 0.2) is 0 Å². The molecule has 1 N–H and O–H groups in total. The molecule has 0 aliphatic rings. The number of allylic oxidation sites excluding steroid dienone is 1. The molecule has 0 radical (unpaired) electrons. The van der Waals surface area contributed by atoms with Crippen molar-refractivity contribution in [2.45, 2.75) is 6.04 Å². The van der Waals surface area contributed by atoms with Gasteiger partial charge in [-0.05, 0) is 17.2 Å². The van der Waals surface area contributed by atoms with Crippen LogP contribution in [0.5, 0.6) is 0 Å². The highest BCUT2D eigenvalue weighted by molar-refractivity contribution is 5.57. The molecule has 130 valence electrons. The summed E-state index contributed by atoms with van der Waals surface area (Å²) in [5.74, 6) is 0. The van der Waals surface area contributed by atoms with Crippen LogP contribution in [0.25, 0.3) is 10.9 Å². The van der Waals surface area contributed by atoms with Crippen LogP contribution in [-0.2, 0) is 0 Å². The van der Waals surface area contributed by atoms with Crippen LogP contribution in [0, 0.1) is 17.9 Å². The maximum absolute atomic E-state index is 12.6. The zero-order valence-corrected chi connectivity index (χ0v) is 14.2. The van der Waals surface area contributed by atoms with E-state index in [9.17, 15) is 9.59 Å². The first-order chi connectivity index (χ1) is 13.1. The predicted octanol–water partition coefficient (Wildman–Crippen LogP) is 2.96. The lowest BCUT2D eigenvalue weighted by atomic mass is 9.98. The number of hydrogen-bond acceptors (Lipinski definition) is 3. The van der Waals surface area contributed by atoms with Crippen LogP contribution in [0.2, 0.25) is 0 Å². The molecule has 0 bridgehead atoms. The molecule has 27 heavy (non-hydrogen) atoms. The van der Waals surface area contributed by atoms with E-state index < -0.39 is 17.3 Å². The number of rotatable bonds is 4. The molecular formula is C21H14N4O2. The summed E-state index contributed by atoms with van der Waals surface area (Å²) in [6.45, 7) is 6.98. The van der Waals surface area contributed by atoms with Gasteiger partial charge in [-0.15, -0.1) is 0 Å². The summed E-state index contributed by atoms with van der Waals surface area (Å²) < 4.78 is 1.40. The van der Waals surface area contributed by atoms with E-state index in [0.29, 0.717) is 0 Å². The van der Waals surface area contributed by atoms with Crippen LogP contribution in [0.4, 0.5) is 0 Å². The van der Waals surface area contributed by atoms with E-state index in [-0.39, 0.29) is 11.3 Å². The third kappa shape index (κ3) is 3.76. The zero-order chi connectivity index (χ0) is 19.2. The van der Waals surface area contributed by atoms with Gasteiger partial charge in [0.2, 0.25) is 0 Å². The molecule has 2 aromatic carbocycles. The van der Waals surface area contributed by atoms with Crippen molar-refractivity contribution in [3.8, 4) is 6.07 Å². The fraction of sp³-hybridized carbons (Fsp3) is 0.0476. The highest BCUT2D eigenvalue weighted by Gasteiger charge is 2.18. The van der Waals surface area contributed by atoms with Crippen LogP contribution >= 0.6 is 0 Å². The topological polar surface area (TPSA) is 83.0 Å². The molecule has 0 spiro atoms. The van der Waals surface area contributed by atoms with E-state index in [1.165, 1.54) is 16.8 Å². The molecule has 0 saturated heterocycles. The number of nitrogens with one attached hydrogen (secondary N) is 1. The van der Waals surface area contributed by atoms with Crippen molar-refractivity contribution in [2.24, 2.45) is 0 Å². The monoisotopic (exact) mass is 354 g/mol. The van der Waals surface area contributed by atoms with Crippen molar-refractivity contribution < 1.29 is 0 Å². The molecule has 1 aromatic heterocycles. The smallest absolute Gasteiger partial charge is 0.288 e. The summed E-state index contributed by atoms with van der Waals surface area (Å²) in [7, 11) is 0. The number of aromatic nitrogens is 2. The lowest BCUT2D eigenvalue weighted by Gasteiger charge is -2.21. The van der Waals surface area contributed by atoms with Gasteiger partial charge in [-0.25, -0.2) is 14.9 Å². The third-order valence-electron chi connectivity index (χ3n) is 4.03. The minimum absolute atomic E-state index is 0.0685. The summed E-state index contributed by atoms with van der Waals surface area (Å²) in [5.41, 5.74) is 0.335. The molecule has 6 heteroatoms. The van der Waals surface area contributed by atoms with Gasteiger partial charge in [-0.3, -0.25) is 14.3 Å². The van der Waals surface area contributed by atoms with Crippen LogP contribution in [-0.4, -0.2) is 9.55 Å². The molecule has 3 rings (SSSR count). The highest BCUT2D eigenvalue weighted by Crippen LogP contribution is 2.25. The number of aromatic amines is 1. The Morgan fingerprint density at radius 2 is 1.63 bits per heavy atom. The fourth-order valence-corrected chi connectivity index (χ4v) is 2.82. The largest absolute Gasteiger partial charge is 0.329 e. The lowest BCUT2D eigenvalue weighted by Crippen LogP contribution is -2.34.